The Morgan fingerprint density at radius 2 is 1.96 bits per heavy atom. The van der Waals surface area contributed by atoms with Gasteiger partial charge in [0.15, 0.2) is 0 Å². The van der Waals surface area contributed by atoms with Crippen LogP contribution in [-0.4, -0.2) is 70.6 Å². The second-order valence-electron chi connectivity index (χ2n) is 6.72. The van der Waals surface area contributed by atoms with Crippen LogP contribution in [0.5, 0.6) is 0 Å². The zero-order valence-electron chi connectivity index (χ0n) is 14.8. The minimum atomic E-state index is -0.919. The fourth-order valence-corrected chi connectivity index (χ4v) is 3.38. The average molecular weight is 374 g/mol. The summed E-state index contributed by atoms with van der Waals surface area (Å²) in [6, 6.07) is 7.74. The fourth-order valence-electron chi connectivity index (χ4n) is 3.38. The van der Waals surface area contributed by atoms with Gasteiger partial charge in [0.05, 0.1) is 6.54 Å². The number of benzene rings is 1. The molecule has 27 heavy (non-hydrogen) atoms. The lowest BCUT2D eigenvalue weighted by molar-refractivity contribution is -0.137. The summed E-state index contributed by atoms with van der Waals surface area (Å²) in [6.45, 7) is 0.731. The minimum Gasteiger partial charge on any atom is -0.481 e. The summed E-state index contributed by atoms with van der Waals surface area (Å²) >= 11 is 0. The number of imide groups is 1. The Morgan fingerprint density at radius 3 is 2.67 bits per heavy atom. The van der Waals surface area contributed by atoms with Gasteiger partial charge in [-0.1, -0.05) is 30.3 Å². The number of fused-ring (bicyclic) bond motifs is 1. The smallest absolute Gasteiger partial charge is 0.324 e. The number of rotatable bonds is 6. The predicted octanol–water partition coefficient (Wildman–Crippen LogP) is 0.408. The standard InChI is InChI=1S/C18H22N4O5/c23-15(24)7-6-13(10-12-4-2-1-3-5-12)19-17(26)21-8-9-22-14(11-21)16(25)20-18(22)27/h1-5,13-14H,6-11H2,(H,19,26)(H,23,24)(H,20,25,27). The van der Waals surface area contributed by atoms with Gasteiger partial charge in [-0.15, -0.1) is 0 Å². The van der Waals surface area contributed by atoms with Gasteiger partial charge in [-0.3, -0.25) is 14.9 Å². The molecule has 9 nitrogen and oxygen atoms in total. The van der Waals surface area contributed by atoms with E-state index in [-0.39, 0.29) is 31.6 Å². The van der Waals surface area contributed by atoms with Crippen molar-refractivity contribution in [3.8, 4) is 0 Å². The van der Waals surface area contributed by atoms with Gasteiger partial charge in [-0.25, -0.2) is 9.59 Å². The van der Waals surface area contributed by atoms with Crippen molar-refractivity contribution in [1.29, 1.82) is 0 Å². The summed E-state index contributed by atoms with van der Waals surface area (Å²) in [5, 5.41) is 14.1. The maximum atomic E-state index is 12.7. The van der Waals surface area contributed by atoms with Crippen LogP contribution in [0.15, 0.2) is 30.3 Å². The van der Waals surface area contributed by atoms with E-state index in [9.17, 15) is 19.2 Å². The highest BCUT2D eigenvalue weighted by molar-refractivity contribution is 6.04. The SMILES string of the molecule is O=C(O)CCC(Cc1ccccc1)NC(=O)N1CCN2C(=O)NC(=O)C2C1. The highest BCUT2D eigenvalue weighted by atomic mass is 16.4. The molecule has 2 saturated heterocycles. The fraction of sp³-hybridized carbons (Fsp3) is 0.444. The molecule has 3 rings (SSSR count). The molecule has 2 atom stereocenters. The Labute approximate surface area is 156 Å². The molecule has 0 aromatic heterocycles. The van der Waals surface area contributed by atoms with E-state index in [0.29, 0.717) is 19.4 Å². The Hall–Kier alpha value is -3.10. The molecule has 2 unspecified atom stereocenters. The van der Waals surface area contributed by atoms with E-state index in [4.69, 9.17) is 5.11 Å². The second kappa shape index (κ2) is 8.07. The first-order chi connectivity index (χ1) is 12.9. The maximum absolute atomic E-state index is 12.7. The molecule has 0 bridgehead atoms. The van der Waals surface area contributed by atoms with Crippen molar-refractivity contribution in [3.05, 3.63) is 35.9 Å². The topological polar surface area (TPSA) is 119 Å². The lowest BCUT2D eigenvalue weighted by Gasteiger charge is -2.36. The van der Waals surface area contributed by atoms with E-state index in [2.05, 4.69) is 10.6 Å². The number of nitrogens with zero attached hydrogens (tertiary/aromatic N) is 2. The molecule has 3 N–H and O–H groups in total. The molecule has 1 aromatic carbocycles. The molecule has 2 aliphatic rings. The Kier molecular flexibility index (Phi) is 5.58. The van der Waals surface area contributed by atoms with E-state index in [1.165, 1.54) is 9.80 Å². The largest absolute Gasteiger partial charge is 0.481 e. The highest BCUT2D eigenvalue weighted by Gasteiger charge is 2.43. The lowest BCUT2D eigenvalue weighted by atomic mass is 10.0. The first-order valence-corrected chi connectivity index (χ1v) is 8.86. The Bertz CT molecular complexity index is 739. The van der Waals surface area contributed by atoms with Crippen molar-refractivity contribution in [2.75, 3.05) is 19.6 Å². The van der Waals surface area contributed by atoms with Gasteiger partial charge >= 0.3 is 18.0 Å². The van der Waals surface area contributed by atoms with E-state index in [1.54, 1.807) is 0 Å². The first kappa shape index (κ1) is 18.7. The van der Waals surface area contributed by atoms with Crippen LogP contribution in [0.1, 0.15) is 18.4 Å². The molecule has 1 aromatic rings. The zero-order chi connectivity index (χ0) is 19.4. The molecule has 2 fully saturated rings. The summed E-state index contributed by atoms with van der Waals surface area (Å²) in [7, 11) is 0. The number of carbonyl (C=O) groups excluding carboxylic acids is 3. The molecule has 0 saturated carbocycles. The van der Waals surface area contributed by atoms with Gasteiger partial charge in [0, 0.05) is 25.6 Å². The average Bonchev–Trinajstić information content (AvgIpc) is 2.94. The number of hydrogen-bond acceptors (Lipinski definition) is 4. The van der Waals surface area contributed by atoms with E-state index >= 15 is 0 Å². The highest BCUT2D eigenvalue weighted by Crippen LogP contribution is 2.16. The van der Waals surface area contributed by atoms with Gasteiger partial charge in [0.1, 0.15) is 6.04 Å². The van der Waals surface area contributed by atoms with Crippen molar-refractivity contribution < 1.29 is 24.3 Å². The lowest BCUT2D eigenvalue weighted by Crippen LogP contribution is -2.57. The van der Waals surface area contributed by atoms with E-state index < -0.39 is 23.9 Å². The first-order valence-electron chi connectivity index (χ1n) is 8.86. The number of urea groups is 2. The number of piperazine rings is 1. The van der Waals surface area contributed by atoms with Crippen LogP contribution in [-0.2, 0) is 16.0 Å². The van der Waals surface area contributed by atoms with Gasteiger partial charge in [0.2, 0.25) is 0 Å². The van der Waals surface area contributed by atoms with Crippen LogP contribution in [0.2, 0.25) is 0 Å². The molecule has 0 spiro atoms. The van der Waals surface area contributed by atoms with Gasteiger partial charge in [-0.05, 0) is 18.4 Å². The van der Waals surface area contributed by atoms with Crippen LogP contribution >= 0.6 is 0 Å². The number of aliphatic carboxylic acids is 1. The summed E-state index contributed by atoms with van der Waals surface area (Å²) in [5.74, 6) is -1.32. The van der Waals surface area contributed by atoms with Gasteiger partial charge in [0.25, 0.3) is 5.91 Å². The van der Waals surface area contributed by atoms with Gasteiger partial charge < -0.3 is 20.2 Å². The molecule has 0 aliphatic carbocycles. The van der Waals surface area contributed by atoms with Crippen LogP contribution in [0.25, 0.3) is 0 Å². The number of carbonyl (C=O) groups is 4. The number of carboxylic acids is 1. The van der Waals surface area contributed by atoms with Crippen molar-refractivity contribution in [2.45, 2.75) is 31.3 Å². The van der Waals surface area contributed by atoms with Crippen molar-refractivity contribution in [3.63, 3.8) is 0 Å². The number of carboxylic acid groups (broad SMARTS) is 1. The molecule has 5 amide bonds. The van der Waals surface area contributed by atoms with Crippen LogP contribution in [0.3, 0.4) is 0 Å². The second-order valence-corrected chi connectivity index (χ2v) is 6.72. The molecular weight excluding hydrogens is 352 g/mol. The van der Waals surface area contributed by atoms with Crippen molar-refractivity contribution in [2.24, 2.45) is 0 Å². The number of nitrogens with one attached hydrogen (secondary N) is 2. The molecular formula is C18H22N4O5. The minimum absolute atomic E-state index is 0.0505. The Balaban J connectivity index is 1.62. The Morgan fingerprint density at radius 1 is 1.22 bits per heavy atom. The molecule has 0 radical (unpaired) electrons. The quantitative estimate of drug-likeness (QED) is 0.623. The van der Waals surface area contributed by atoms with E-state index in [0.717, 1.165) is 5.56 Å². The monoisotopic (exact) mass is 374 g/mol. The summed E-state index contributed by atoms with van der Waals surface area (Å²) in [4.78, 5) is 50.0. The number of amides is 5. The maximum Gasteiger partial charge on any atom is 0.324 e. The van der Waals surface area contributed by atoms with Crippen LogP contribution < -0.4 is 10.6 Å². The molecule has 2 heterocycles. The predicted molar refractivity (Wildman–Crippen MR) is 94.9 cm³/mol. The normalized spacial score (nSPS) is 20.1. The van der Waals surface area contributed by atoms with Crippen LogP contribution in [0, 0.1) is 0 Å². The van der Waals surface area contributed by atoms with Crippen molar-refractivity contribution >= 4 is 23.9 Å². The third kappa shape index (κ3) is 4.55. The van der Waals surface area contributed by atoms with Crippen LogP contribution in [0.4, 0.5) is 9.59 Å². The third-order valence-corrected chi connectivity index (χ3v) is 4.82. The molecule has 144 valence electrons. The molecule has 9 heteroatoms. The number of hydrogen-bond donors (Lipinski definition) is 3. The third-order valence-electron chi connectivity index (χ3n) is 4.82. The summed E-state index contributed by atoms with van der Waals surface area (Å²) in [6.07, 6.45) is 0.769. The van der Waals surface area contributed by atoms with Gasteiger partial charge in [-0.2, -0.15) is 0 Å². The summed E-state index contributed by atoms with van der Waals surface area (Å²) in [5.41, 5.74) is 0.999. The van der Waals surface area contributed by atoms with E-state index in [1.807, 2.05) is 30.3 Å². The molecule has 2 aliphatic heterocycles. The summed E-state index contributed by atoms with van der Waals surface area (Å²) < 4.78 is 0. The zero-order valence-corrected chi connectivity index (χ0v) is 14.8. The van der Waals surface area contributed by atoms with Crippen molar-refractivity contribution in [1.82, 2.24) is 20.4 Å².